The lowest BCUT2D eigenvalue weighted by Gasteiger charge is -2.22. The van der Waals surface area contributed by atoms with E-state index in [-0.39, 0.29) is 5.41 Å². The summed E-state index contributed by atoms with van der Waals surface area (Å²) in [5.74, 6) is 1.73. The third-order valence-corrected chi connectivity index (χ3v) is 3.28. The third-order valence-electron chi connectivity index (χ3n) is 2.55. The number of rotatable bonds is 5. The first-order valence-corrected chi connectivity index (χ1v) is 6.53. The summed E-state index contributed by atoms with van der Waals surface area (Å²) in [6, 6.07) is 2.03. The molecule has 0 spiro atoms. The minimum Gasteiger partial charge on any atom is -0.354 e. The highest BCUT2D eigenvalue weighted by Gasteiger charge is 2.16. The molecule has 17 heavy (non-hydrogen) atoms. The van der Waals surface area contributed by atoms with Crippen LogP contribution in [0, 0.1) is 12.3 Å². The van der Waals surface area contributed by atoms with E-state index in [9.17, 15) is 0 Å². The standard InChI is InChI=1S/C13H22ClN3/c1-9(2)11-6-10(3)16-12(17-11)15-8-13(4,5)7-14/h6,9H,7-8H2,1-5H3,(H,15,16,17). The monoisotopic (exact) mass is 255 g/mol. The average molecular weight is 256 g/mol. The van der Waals surface area contributed by atoms with Gasteiger partial charge in [0.2, 0.25) is 5.95 Å². The van der Waals surface area contributed by atoms with E-state index in [2.05, 4.69) is 43.0 Å². The smallest absolute Gasteiger partial charge is 0.223 e. The summed E-state index contributed by atoms with van der Waals surface area (Å²) >= 11 is 5.89. The molecule has 0 aliphatic heterocycles. The molecular formula is C13H22ClN3. The van der Waals surface area contributed by atoms with E-state index in [0.29, 0.717) is 17.7 Å². The molecule has 0 aromatic carbocycles. The normalized spacial score (nSPS) is 11.9. The number of hydrogen-bond acceptors (Lipinski definition) is 3. The Morgan fingerprint density at radius 3 is 2.53 bits per heavy atom. The zero-order chi connectivity index (χ0) is 13.1. The molecule has 3 nitrogen and oxygen atoms in total. The summed E-state index contributed by atoms with van der Waals surface area (Å²) in [6.07, 6.45) is 0. The van der Waals surface area contributed by atoms with E-state index in [4.69, 9.17) is 11.6 Å². The summed E-state index contributed by atoms with van der Waals surface area (Å²) in [5, 5.41) is 3.27. The van der Waals surface area contributed by atoms with Crippen LogP contribution in [0.4, 0.5) is 5.95 Å². The second kappa shape index (κ2) is 5.67. The van der Waals surface area contributed by atoms with Gasteiger partial charge in [0.05, 0.1) is 0 Å². The summed E-state index contributed by atoms with van der Waals surface area (Å²) < 4.78 is 0. The lowest BCUT2D eigenvalue weighted by Crippen LogP contribution is -2.25. The van der Waals surface area contributed by atoms with E-state index in [1.54, 1.807) is 0 Å². The molecule has 4 heteroatoms. The van der Waals surface area contributed by atoms with Gasteiger partial charge >= 0.3 is 0 Å². The van der Waals surface area contributed by atoms with Crippen LogP contribution in [0.15, 0.2) is 6.07 Å². The number of nitrogens with zero attached hydrogens (tertiary/aromatic N) is 2. The van der Waals surface area contributed by atoms with E-state index < -0.39 is 0 Å². The minimum absolute atomic E-state index is 0.0483. The van der Waals surface area contributed by atoms with Crippen molar-refractivity contribution in [2.75, 3.05) is 17.7 Å². The van der Waals surface area contributed by atoms with Crippen LogP contribution in [0.2, 0.25) is 0 Å². The van der Waals surface area contributed by atoms with Gasteiger partial charge in [0.15, 0.2) is 0 Å². The van der Waals surface area contributed by atoms with Crippen molar-refractivity contribution in [2.24, 2.45) is 5.41 Å². The lowest BCUT2D eigenvalue weighted by atomic mass is 9.97. The molecule has 0 aliphatic carbocycles. The van der Waals surface area contributed by atoms with Gasteiger partial charge in [-0.25, -0.2) is 9.97 Å². The number of halogens is 1. The summed E-state index contributed by atoms with van der Waals surface area (Å²) in [6.45, 7) is 11.3. The fourth-order valence-electron chi connectivity index (χ4n) is 1.33. The van der Waals surface area contributed by atoms with E-state index in [1.807, 2.05) is 13.0 Å². The van der Waals surface area contributed by atoms with E-state index in [1.165, 1.54) is 0 Å². The summed E-state index contributed by atoms with van der Waals surface area (Å²) in [5.41, 5.74) is 2.12. The number of aromatic nitrogens is 2. The van der Waals surface area contributed by atoms with Crippen molar-refractivity contribution in [1.29, 1.82) is 0 Å². The lowest BCUT2D eigenvalue weighted by molar-refractivity contribution is 0.448. The second-order valence-corrected chi connectivity index (χ2v) is 5.83. The Balaban J connectivity index is 2.78. The molecule has 0 saturated carbocycles. The van der Waals surface area contributed by atoms with Gasteiger partial charge in [-0.15, -0.1) is 11.6 Å². The van der Waals surface area contributed by atoms with Gasteiger partial charge in [0, 0.05) is 23.8 Å². The van der Waals surface area contributed by atoms with Crippen molar-refractivity contribution in [3.63, 3.8) is 0 Å². The van der Waals surface area contributed by atoms with Crippen LogP contribution in [0.25, 0.3) is 0 Å². The van der Waals surface area contributed by atoms with E-state index >= 15 is 0 Å². The van der Waals surface area contributed by atoms with Crippen LogP contribution >= 0.6 is 11.6 Å². The number of aryl methyl sites for hydroxylation is 1. The van der Waals surface area contributed by atoms with Crippen molar-refractivity contribution >= 4 is 17.5 Å². The second-order valence-electron chi connectivity index (χ2n) is 5.56. The topological polar surface area (TPSA) is 37.8 Å². The molecule has 0 amide bonds. The van der Waals surface area contributed by atoms with Gasteiger partial charge in [0.1, 0.15) is 0 Å². The first-order chi connectivity index (χ1) is 7.84. The molecule has 1 rings (SSSR count). The van der Waals surface area contributed by atoms with Crippen molar-refractivity contribution in [2.45, 2.75) is 40.5 Å². The Labute approximate surface area is 109 Å². The zero-order valence-corrected chi connectivity index (χ0v) is 12.1. The fourth-order valence-corrected chi connectivity index (χ4v) is 1.43. The molecule has 0 atom stereocenters. The van der Waals surface area contributed by atoms with Crippen molar-refractivity contribution in [1.82, 2.24) is 9.97 Å². The first-order valence-electron chi connectivity index (χ1n) is 5.99. The number of hydrogen-bond donors (Lipinski definition) is 1. The predicted molar refractivity (Wildman–Crippen MR) is 73.8 cm³/mol. The first kappa shape index (κ1) is 14.2. The Bertz CT molecular complexity index is 375. The molecule has 0 saturated heterocycles. The molecule has 0 aliphatic rings. The van der Waals surface area contributed by atoms with Crippen molar-refractivity contribution in [3.8, 4) is 0 Å². The molecule has 0 unspecified atom stereocenters. The molecule has 1 heterocycles. The molecular weight excluding hydrogens is 234 g/mol. The molecule has 0 fully saturated rings. The van der Waals surface area contributed by atoms with Crippen LogP contribution < -0.4 is 5.32 Å². The largest absolute Gasteiger partial charge is 0.354 e. The highest BCUT2D eigenvalue weighted by molar-refractivity contribution is 6.18. The fraction of sp³-hybridized carbons (Fsp3) is 0.692. The van der Waals surface area contributed by atoms with Crippen LogP contribution in [0.5, 0.6) is 0 Å². The third kappa shape index (κ3) is 4.50. The Hall–Kier alpha value is -0.830. The van der Waals surface area contributed by atoms with Crippen molar-refractivity contribution < 1.29 is 0 Å². The maximum Gasteiger partial charge on any atom is 0.223 e. The number of anilines is 1. The van der Waals surface area contributed by atoms with Gasteiger partial charge in [-0.05, 0) is 24.3 Å². The van der Waals surface area contributed by atoms with Crippen LogP contribution in [-0.4, -0.2) is 22.4 Å². The van der Waals surface area contributed by atoms with Gasteiger partial charge in [-0.2, -0.15) is 0 Å². The van der Waals surface area contributed by atoms with Crippen LogP contribution in [-0.2, 0) is 0 Å². The molecule has 1 aromatic rings. The van der Waals surface area contributed by atoms with E-state index in [0.717, 1.165) is 17.9 Å². The highest BCUT2D eigenvalue weighted by atomic mass is 35.5. The molecule has 1 aromatic heterocycles. The van der Waals surface area contributed by atoms with Gasteiger partial charge < -0.3 is 5.32 Å². The summed E-state index contributed by atoms with van der Waals surface area (Å²) in [4.78, 5) is 8.89. The molecule has 0 radical (unpaired) electrons. The zero-order valence-electron chi connectivity index (χ0n) is 11.3. The maximum atomic E-state index is 5.89. The van der Waals surface area contributed by atoms with Crippen molar-refractivity contribution in [3.05, 3.63) is 17.5 Å². The van der Waals surface area contributed by atoms with Gasteiger partial charge in [0.25, 0.3) is 0 Å². The Morgan fingerprint density at radius 2 is 2.00 bits per heavy atom. The van der Waals surface area contributed by atoms with Crippen LogP contribution in [0.3, 0.4) is 0 Å². The van der Waals surface area contributed by atoms with Gasteiger partial charge in [-0.1, -0.05) is 27.7 Å². The Kier molecular flexibility index (Phi) is 4.75. The molecule has 96 valence electrons. The predicted octanol–water partition coefficient (Wildman–Crippen LogP) is 3.59. The molecule has 0 bridgehead atoms. The Morgan fingerprint density at radius 1 is 1.35 bits per heavy atom. The number of alkyl halides is 1. The SMILES string of the molecule is Cc1cc(C(C)C)nc(NCC(C)(C)CCl)n1. The minimum atomic E-state index is 0.0483. The highest BCUT2D eigenvalue weighted by Crippen LogP contribution is 2.18. The average Bonchev–Trinajstić information content (AvgIpc) is 2.26. The van der Waals surface area contributed by atoms with Crippen LogP contribution in [0.1, 0.15) is 45.0 Å². The number of nitrogens with one attached hydrogen (secondary N) is 1. The van der Waals surface area contributed by atoms with Gasteiger partial charge in [-0.3, -0.25) is 0 Å². The quantitative estimate of drug-likeness (QED) is 0.818. The molecule has 1 N–H and O–H groups in total. The summed E-state index contributed by atoms with van der Waals surface area (Å²) in [7, 11) is 0. The maximum absolute atomic E-state index is 5.89.